The van der Waals surface area contributed by atoms with Crippen molar-refractivity contribution in [2.45, 2.75) is 6.54 Å². The highest BCUT2D eigenvalue weighted by atomic mass is 32.1. The van der Waals surface area contributed by atoms with Gasteiger partial charge in [0.15, 0.2) is 16.6 Å². The van der Waals surface area contributed by atoms with Crippen molar-refractivity contribution in [2.24, 2.45) is 0 Å². The number of anilines is 2. The molecule has 0 fully saturated rings. The number of hydrogen-bond acceptors (Lipinski definition) is 9. The van der Waals surface area contributed by atoms with E-state index < -0.39 is 0 Å². The number of methoxy groups -OCH3 is 2. The molecule has 0 aliphatic heterocycles. The van der Waals surface area contributed by atoms with Crippen LogP contribution in [0.2, 0.25) is 0 Å². The topological polar surface area (TPSA) is 111 Å². The summed E-state index contributed by atoms with van der Waals surface area (Å²) < 4.78 is 15.7. The highest BCUT2D eigenvalue weighted by Gasteiger charge is 2.14. The molecule has 0 aliphatic carbocycles. The SMILES string of the molecule is COc1ccc(Nc2nc(C(=O)NCc3nc(-c4ccccc4)no3)cs2)cc1OC. The number of ether oxygens (including phenoxy) is 2. The molecule has 158 valence electrons. The van der Waals surface area contributed by atoms with E-state index in [1.54, 1.807) is 31.7 Å². The minimum atomic E-state index is -0.337. The molecule has 1 amide bonds. The van der Waals surface area contributed by atoms with Crippen LogP contribution in [-0.2, 0) is 6.54 Å². The van der Waals surface area contributed by atoms with Gasteiger partial charge in [-0.15, -0.1) is 11.3 Å². The standard InChI is InChI=1S/C21H19N5O4S/c1-28-16-9-8-14(10-17(16)29-2)23-21-24-15(12-31-21)20(27)22-11-18-25-19(26-30-18)13-6-4-3-5-7-13/h3-10,12H,11H2,1-2H3,(H,22,27)(H,23,24). The molecule has 0 spiro atoms. The van der Waals surface area contributed by atoms with Crippen molar-refractivity contribution >= 4 is 28.1 Å². The first-order valence-corrected chi connectivity index (χ1v) is 10.1. The first-order valence-electron chi connectivity index (χ1n) is 9.27. The quantitative estimate of drug-likeness (QED) is 0.427. The van der Waals surface area contributed by atoms with Crippen LogP contribution in [0.5, 0.6) is 11.5 Å². The summed E-state index contributed by atoms with van der Waals surface area (Å²) in [6.45, 7) is 0.106. The van der Waals surface area contributed by atoms with E-state index in [2.05, 4.69) is 25.8 Å². The van der Waals surface area contributed by atoms with Crippen molar-refractivity contribution in [3.05, 3.63) is 65.5 Å². The van der Waals surface area contributed by atoms with Gasteiger partial charge in [0.1, 0.15) is 5.69 Å². The van der Waals surface area contributed by atoms with Gasteiger partial charge in [-0.2, -0.15) is 4.98 Å². The van der Waals surface area contributed by atoms with Crippen molar-refractivity contribution in [3.8, 4) is 22.9 Å². The van der Waals surface area contributed by atoms with Crippen molar-refractivity contribution in [1.82, 2.24) is 20.4 Å². The predicted octanol–water partition coefficient (Wildman–Crippen LogP) is 3.88. The molecule has 0 unspecified atom stereocenters. The Kier molecular flexibility index (Phi) is 6.08. The zero-order valence-electron chi connectivity index (χ0n) is 16.8. The number of benzene rings is 2. The van der Waals surface area contributed by atoms with Crippen LogP contribution in [-0.4, -0.2) is 35.3 Å². The normalized spacial score (nSPS) is 10.5. The van der Waals surface area contributed by atoms with Crippen LogP contribution >= 0.6 is 11.3 Å². The Balaban J connectivity index is 1.36. The molecular weight excluding hydrogens is 418 g/mol. The Bertz CT molecular complexity index is 1180. The zero-order valence-corrected chi connectivity index (χ0v) is 17.6. The highest BCUT2D eigenvalue weighted by molar-refractivity contribution is 7.14. The summed E-state index contributed by atoms with van der Waals surface area (Å²) in [4.78, 5) is 21.0. The molecule has 10 heteroatoms. The molecule has 2 aromatic carbocycles. The van der Waals surface area contributed by atoms with E-state index in [4.69, 9.17) is 14.0 Å². The fraction of sp³-hybridized carbons (Fsp3) is 0.143. The second-order valence-corrected chi connectivity index (χ2v) is 7.15. The minimum absolute atomic E-state index is 0.106. The molecule has 2 heterocycles. The molecule has 9 nitrogen and oxygen atoms in total. The zero-order chi connectivity index (χ0) is 21.6. The maximum Gasteiger partial charge on any atom is 0.271 e. The number of nitrogens with one attached hydrogen (secondary N) is 2. The first kappa shape index (κ1) is 20.4. The average Bonchev–Trinajstić information content (AvgIpc) is 3.48. The Morgan fingerprint density at radius 1 is 1.06 bits per heavy atom. The van der Waals surface area contributed by atoms with Gasteiger partial charge in [0, 0.05) is 22.7 Å². The molecule has 4 rings (SSSR count). The van der Waals surface area contributed by atoms with Crippen LogP contribution in [0, 0.1) is 0 Å². The van der Waals surface area contributed by atoms with Crippen LogP contribution < -0.4 is 20.1 Å². The lowest BCUT2D eigenvalue weighted by atomic mass is 10.2. The lowest BCUT2D eigenvalue weighted by Gasteiger charge is -2.09. The first-order chi connectivity index (χ1) is 15.2. The van der Waals surface area contributed by atoms with E-state index in [0.29, 0.717) is 28.3 Å². The Morgan fingerprint density at radius 3 is 2.65 bits per heavy atom. The Labute approximate surface area is 182 Å². The number of rotatable bonds is 8. The van der Waals surface area contributed by atoms with Crippen LogP contribution in [0.15, 0.2) is 58.4 Å². The Morgan fingerprint density at radius 2 is 1.87 bits per heavy atom. The number of carbonyl (C=O) groups excluding carboxylic acids is 1. The summed E-state index contributed by atoms with van der Waals surface area (Å²) in [5, 5.41) is 12.1. The van der Waals surface area contributed by atoms with Gasteiger partial charge in [-0.25, -0.2) is 4.98 Å². The second kappa shape index (κ2) is 9.26. The summed E-state index contributed by atoms with van der Waals surface area (Å²) in [5.41, 5.74) is 1.89. The van der Waals surface area contributed by atoms with Crippen molar-refractivity contribution < 1.29 is 18.8 Å². The maximum atomic E-state index is 12.4. The maximum absolute atomic E-state index is 12.4. The van der Waals surface area contributed by atoms with Crippen LogP contribution in [0.4, 0.5) is 10.8 Å². The fourth-order valence-corrected chi connectivity index (χ4v) is 3.46. The number of carbonyl (C=O) groups is 1. The number of hydrogen-bond donors (Lipinski definition) is 2. The third-order valence-corrected chi connectivity index (χ3v) is 5.03. The highest BCUT2D eigenvalue weighted by Crippen LogP contribution is 2.31. The van der Waals surface area contributed by atoms with E-state index >= 15 is 0 Å². The second-order valence-electron chi connectivity index (χ2n) is 6.29. The minimum Gasteiger partial charge on any atom is -0.493 e. The summed E-state index contributed by atoms with van der Waals surface area (Å²) in [7, 11) is 3.15. The molecule has 0 aliphatic rings. The van der Waals surface area contributed by atoms with Gasteiger partial charge in [0.25, 0.3) is 5.91 Å². The molecule has 2 N–H and O–H groups in total. The van der Waals surface area contributed by atoms with Gasteiger partial charge in [-0.05, 0) is 12.1 Å². The average molecular weight is 437 g/mol. The molecule has 0 radical (unpaired) electrons. The van der Waals surface area contributed by atoms with Gasteiger partial charge in [0.2, 0.25) is 11.7 Å². The van der Waals surface area contributed by atoms with Gasteiger partial charge in [-0.3, -0.25) is 4.79 Å². The van der Waals surface area contributed by atoms with E-state index in [1.807, 2.05) is 36.4 Å². The smallest absolute Gasteiger partial charge is 0.271 e. The van der Waals surface area contributed by atoms with E-state index in [1.165, 1.54) is 11.3 Å². The fourth-order valence-electron chi connectivity index (χ4n) is 2.75. The largest absolute Gasteiger partial charge is 0.493 e. The van der Waals surface area contributed by atoms with Crippen molar-refractivity contribution in [1.29, 1.82) is 0 Å². The van der Waals surface area contributed by atoms with Gasteiger partial charge in [0.05, 0.1) is 20.8 Å². The van der Waals surface area contributed by atoms with E-state index in [0.717, 1.165) is 11.3 Å². The van der Waals surface area contributed by atoms with E-state index in [9.17, 15) is 4.79 Å². The molecule has 0 saturated carbocycles. The number of nitrogens with zero attached hydrogens (tertiary/aromatic N) is 3. The lowest BCUT2D eigenvalue weighted by Crippen LogP contribution is -2.23. The molecule has 0 atom stereocenters. The van der Waals surface area contributed by atoms with Crippen molar-refractivity contribution in [2.75, 3.05) is 19.5 Å². The summed E-state index contributed by atoms with van der Waals surface area (Å²) >= 11 is 1.31. The monoisotopic (exact) mass is 437 g/mol. The number of aromatic nitrogens is 3. The van der Waals surface area contributed by atoms with Crippen molar-refractivity contribution in [3.63, 3.8) is 0 Å². The molecular formula is C21H19N5O4S. The summed E-state index contributed by atoms with van der Waals surface area (Å²) in [5.74, 6) is 1.67. The van der Waals surface area contributed by atoms with Crippen LogP contribution in [0.3, 0.4) is 0 Å². The summed E-state index contributed by atoms with van der Waals surface area (Å²) in [6.07, 6.45) is 0. The van der Waals surface area contributed by atoms with Gasteiger partial charge >= 0.3 is 0 Å². The van der Waals surface area contributed by atoms with Crippen LogP contribution in [0.25, 0.3) is 11.4 Å². The number of thiazole rings is 1. The molecule has 4 aromatic rings. The van der Waals surface area contributed by atoms with Gasteiger partial charge in [-0.1, -0.05) is 35.5 Å². The predicted molar refractivity (Wildman–Crippen MR) is 116 cm³/mol. The lowest BCUT2D eigenvalue weighted by molar-refractivity contribution is 0.0942. The van der Waals surface area contributed by atoms with Crippen LogP contribution in [0.1, 0.15) is 16.4 Å². The van der Waals surface area contributed by atoms with Gasteiger partial charge < -0.3 is 24.6 Å². The molecule has 2 aromatic heterocycles. The Hall–Kier alpha value is -3.92. The third kappa shape index (κ3) is 4.81. The molecule has 0 saturated heterocycles. The molecule has 31 heavy (non-hydrogen) atoms. The van der Waals surface area contributed by atoms with E-state index in [-0.39, 0.29) is 18.1 Å². The summed E-state index contributed by atoms with van der Waals surface area (Å²) in [6, 6.07) is 14.9. The molecule has 0 bridgehead atoms. The number of amides is 1. The third-order valence-electron chi connectivity index (χ3n) is 4.27.